The molecule has 2 amide bonds. The molecule has 1 aromatic heterocycles. The van der Waals surface area contributed by atoms with Crippen LogP contribution in [0, 0.1) is 6.92 Å². The number of amides is 2. The van der Waals surface area contributed by atoms with Crippen LogP contribution in [0.1, 0.15) is 24.0 Å². The van der Waals surface area contributed by atoms with Crippen molar-refractivity contribution in [3.05, 3.63) is 58.9 Å². The monoisotopic (exact) mass is 358 g/mol. The number of hydrogen-bond acceptors (Lipinski definition) is 3. The minimum atomic E-state index is -0.174. The summed E-state index contributed by atoms with van der Waals surface area (Å²) in [6, 6.07) is 9.65. The van der Waals surface area contributed by atoms with Gasteiger partial charge in [-0.2, -0.15) is 0 Å². The van der Waals surface area contributed by atoms with Crippen LogP contribution < -0.4 is 10.6 Å². The van der Waals surface area contributed by atoms with Crippen molar-refractivity contribution in [2.24, 2.45) is 0 Å². The van der Waals surface area contributed by atoms with E-state index in [1.807, 2.05) is 43.6 Å². The Bertz CT molecular complexity index is 715. The second-order valence-electron chi connectivity index (χ2n) is 6.47. The van der Waals surface area contributed by atoms with Crippen LogP contribution in [-0.4, -0.2) is 35.0 Å². The summed E-state index contributed by atoms with van der Waals surface area (Å²) in [4.78, 5) is 18.6. The van der Waals surface area contributed by atoms with Gasteiger partial charge in [0, 0.05) is 48.8 Å². The topological polar surface area (TPSA) is 57.3 Å². The molecule has 0 aliphatic carbocycles. The van der Waals surface area contributed by atoms with E-state index in [-0.39, 0.29) is 12.1 Å². The fourth-order valence-corrected chi connectivity index (χ4v) is 3.19. The number of nitrogens with zero attached hydrogens (tertiary/aromatic N) is 2. The van der Waals surface area contributed by atoms with Crippen LogP contribution in [0.4, 0.5) is 10.5 Å². The molecule has 1 fully saturated rings. The number of carbonyl (C=O) groups excluding carboxylic acids is 1. The molecule has 0 radical (unpaired) electrons. The van der Waals surface area contributed by atoms with Crippen molar-refractivity contribution >= 4 is 23.3 Å². The first kappa shape index (κ1) is 17.7. The maximum Gasteiger partial charge on any atom is 0.319 e. The van der Waals surface area contributed by atoms with E-state index in [1.165, 1.54) is 5.56 Å². The highest BCUT2D eigenvalue weighted by Crippen LogP contribution is 2.20. The average Bonchev–Trinajstić information content (AvgIpc) is 2.61. The third-order valence-electron chi connectivity index (χ3n) is 4.51. The van der Waals surface area contributed by atoms with Crippen molar-refractivity contribution in [2.45, 2.75) is 32.4 Å². The first-order valence-corrected chi connectivity index (χ1v) is 8.93. The van der Waals surface area contributed by atoms with Crippen molar-refractivity contribution in [1.82, 2.24) is 15.2 Å². The molecule has 132 valence electrons. The molecule has 0 bridgehead atoms. The highest BCUT2D eigenvalue weighted by atomic mass is 35.5. The van der Waals surface area contributed by atoms with Gasteiger partial charge in [-0.25, -0.2) is 4.79 Å². The fourth-order valence-electron chi connectivity index (χ4n) is 3.00. The van der Waals surface area contributed by atoms with Crippen molar-refractivity contribution in [1.29, 1.82) is 0 Å². The van der Waals surface area contributed by atoms with Crippen LogP contribution in [0.25, 0.3) is 0 Å². The van der Waals surface area contributed by atoms with E-state index in [9.17, 15) is 4.79 Å². The lowest BCUT2D eigenvalue weighted by molar-refractivity contribution is 0.190. The van der Waals surface area contributed by atoms with Crippen molar-refractivity contribution < 1.29 is 4.79 Å². The Kier molecular flexibility index (Phi) is 5.89. The number of hydrogen-bond donors (Lipinski definition) is 2. The summed E-state index contributed by atoms with van der Waals surface area (Å²) in [6.07, 6.45) is 5.55. The van der Waals surface area contributed by atoms with Crippen LogP contribution in [0.2, 0.25) is 5.02 Å². The highest BCUT2D eigenvalue weighted by Gasteiger charge is 2.20. The summed E-state index contributed by atoms with van der Waals surface area (Å²) in [5.74, 6) is 0. The van der Waals surface area contributed by atoms with Gasteiger partial charge in [0.15, 0.2) is 0 Å². The van der Waals surface area contributed by atoms with Crippen LogP contribution in [-0.2, 0) is 6.54 Å². The molecule has 5 nitrogen and oxygen atoms in total. The van der Waals surface area contributed by atoms with E-state index in [1.54, 1.807) is 6.07 Å². The van der Waals surface area contributed by atoms with E-state index in [4.69, 9.17) is 11.6 Å². The lowest BCUT2D eigenvalue weighted by atomic mass is 10.0. The van der Waals surface area contributed by atoms with Gasteiger partial charge in [0.2, 0.25) is 0 Å². The third-order valence-corrected chi connectivity index (χ3v) is 4.92. The van der Waals surface area contributed by atoms with Crippen LogP contribution >= 0.6 is 11.6 Å². The summed E-state index contributed by atoms with van der Waals surface area (Å²) in [5.41, 5.74) is 2.98. The van der Waals surface area contributed by atoms with Gasteiger partial charge in [0.1, 0.15) is 0 Å². The Balaban J connectivity index is 1.43. The first-order valence-electron chi connectivity index (χ1n) is 8.55. The molecular weight excluding hydrogens is 336 g/mol. The van der Waals surface area contributed by atoms with Gasteiger partial charge in [-0.15, -0.1) is 0 Å². The molecule has 2 N–H and O–H groups in total. The molecule has 25 heavy (non-hydrogen) atoms. The normalized spacial score (nSPS) is 15.8. The number of piperidine rings is 1. The van der Waals surface area contributed by atoms with E-state index in [0.29, 0.717) is 10.7 Å². The van der Waals surface area contributed by atoms with Crippen LogP contribution in [0.15, 0.2) is 42.7 Å². The Morgan fingerprint density at radius 3 is 2.64 bits per heavy atom. The molecule has 1 aromatic carbocycles. The molecule has 2 aromatic rings. The zero-order valence-corrected chi connectivity index (χ0v) is 15.1. The molecule has 1 saturated heterocycles. The molecule has 0 unspecified atom stereocenters. The molecule has 0 saturated carbocycles. The minimum absolute atomic E-state index is 0.174. The largest absolute Gasteiger partial charge is 0.335 e. The minimum Gasteiger partial charge on any atom is -0.335 e. The zero-order valence-electron chi connectivity index (χ0n) is 14.3. The lowest BCUT2D eigenvalue weighted by Crippen LogP contribution is -2.45. The number of anilines is 1. The standard InChI is InChI=1S/C19H23ClN4O/c1-14-2-3-17(12-18(14)20)23-19(25)22-16-6-10-24(11-7-16)13-15-4-8-21-9-5-15/h2-5,8-9,12,16H,6-7,10-11,13H2,1H3,(H2,22,23,25). The summed E-state index contributed by atoms with van der Waals surface area (Å²) in [7, 11) is 0. The summed E-state index contributed by atoms with van der Waals surface area (Å²) >= 11 is 6.09. The number of aryl methyl sites for hydroxylation is 1. The van der Waals surface area contributed by atoms with Crippen molar-refractivity contribution in [3.8, 4) is 0 Å². The third kappa shape index (κ3) is 5.18. The molecule has 0 spiro atoms. The number of pyridine rings is 1. The Morgan fingerprint density at radius 2 is 1.96 bits per heavy atom. The fraction of sp³-hybridized carbons (Fsp3) is 0.368. The van der Waals surface area contributed by atoms with E-state index in [0.717, 1.165) is 38.0 Å². The molecule has 3 rings (SSSR count). The zero-order chi connectivity index (χ0) is 17.6. The van der Waals surface area contributed by atoms with Crippen LogP contribution in [0.5, 0.6) is 0 Å². The maximum atomic E-state index is 12.2. The highest BCUT2D eigenvalue weighted by molar-refractivity contribution is 6.31. The Labute approximate surface area is 153 Å². The number of nitrogens with one attached hydrogen (secondary N) is 2. The van der Waals surface area contributed by atoms with Gasteiger partial charge >= 0.3 is 6.03 Å². The molecule has 2 heterocycles. The van der Waals surface area contributed by atoms with Gasteiger partial charge in [0.25, 0.3) is 0 Å². The van der Waals surface area contributed by atoms with Gasteiger partial charge in [0.05, 0.1) is 0 Å². The number of carbonyl (C=O) groups is 1. The Hall–Kier alpha value is -2.11. The second-order valence-corrected chi connectivity index (χ2v) is 6.88. The van der Waals surface area contributed by atoms with Gasteiger partial charge in [-0.05, 0) is 55.2 Å². The Morgan fingerprint density at radius 1 is 1.24 bits per heavy atom. The maximum absolute atomic E-state index is 12.2. The van der Waals surface area contributed by atoms with E-state index < -0.39 is 0 Å². The molecule has 0 atom stereocenters. The molecular formula is C19H23ClN4O. The predicted molar refractivity (Wildman–Crippen MR) is 101 cm³/mol. The van der Waals surface area contributed by atoms with Crippen molar-refractivity contribution in [2.75, 3.05) is 18.4 Å². The summed E-state index contributed by atoms with van der Waals surface area (Å²) in [6.45, 7) is 4.82. The number of urea groups is 1. The molecule has 6 heteroatoms. The molecule has 1 aliphatic rings. The van der Waals surface area contributed by atoms with Crippen molar-refractivity contribution in [3.63, 3.8) is 0 Å². The number of aromatic nitrogens is 1. The lowest BCUT2D eigenvalue weighted by Gasteiger charge is -2.32. The summed E-state index contributed by atoms with van der Waals surface area (Å²) in [5, 5.41) is 6.56. The second kappa shape index (κ2) is 8.32. The van der Waals surface area contributed by atoms with E-state index in [2.05, 4.69) is 20.5 Å². The average molecular weight is 359 g/mol. The number of likely N-dealkylation sites (tertiary alicyclic amines) is 1. The quantitative estimate of drug-likeness (QED) is 0.873. The number of rotatable bonds is 4. The van der Waals surface area contributed by atoms with Crippen LogP contribution in [0.3, 0.4) is 0 Å². The first-order chi connectivity index (χ1) is 12.1. The predicted octanol–water partition coefficient (Wildman–Crippen LogP) is 3.83. The number of benzene rings is 1. The summed E-state index contributed by atoms with van der Waals surface area (Å²) < 4.78 is 0. The smallest absolute Gasteiger partial charge is 0.319 e. The van der Waals surface area contributed by atoms with Gasteiger partial charge < -0.3 is 10.6 Å². The molecule has 1 aliphatic heterocycles. The SMILES string of the molecule is Cc1ccc(NC(=O)NC2CCN(Cc3ccncc3)CC2)cc1Cl. The number of halogens is 1. The van der Waals surface area contributed by atoms with Gasteiger partial charge in [-0.1, -0.05) is 17.7 Å². The van der Waals surface area contributed by atoms with Gasteiger partial charge in [-0.3, -0.25) is 9.88 Å². The van der Waals surface area contributed by atoms with E-state index >= 15 is 0 Å².